The van der Waals surface area contributed by atoms with Gasteiger partial charge in [-0.1, -0.05) is 69.2 Å². The molecule has 0 aliphatic heterocycles. The monoisotopic (exact) mass is 468 g/mol. The molecule has 0 heterocycles. The Morgan fingerprint density at radius 1 is 0.909 bits per heavy atom. The van der Waals surface area contributed by atoms with Gasteiger partial charge >= 0.3 is 0 Å². The minimum atomic E-state index is -2.01. The highest BCUT2D eigenvalue weighted by Gasteiger charge is 2.40. The summed E-state index contributed by atoms with van der Waals surface area (Å²) in [6.45, 7) is 13.4. The van der Waals surface area contributed by atoms with Gasteiger partial charge in [0, 0.05) is 6.61 Å². The molecule has 2 aromatic rings. The van der Waals surface area contributed by atoms with Crippen LogP contribution >= 0.6 is 0 Å². The van der Waals surface area contributed by atoms with E-state index in [2.05, 4.69) is 51.9 Å². The van der Waals surface area contributed by atoms with Gasteiger partial charge in [-0.15, -0.1) is 6.42 Å². The summed E-state index contributed by atoms with van der Waals surface area (Å²) in [5.74, 6) is 3.63. The lowest BCUT2D eigenvalue weighted by Gasteiger charge is -2.40. The minimum absolute atomic E-state index is 0.0965. The Labute approximate surface area is 201 Å². The number of hydrogen-bond acceptors (Lipinski definition) is 4. The van der Waals surface area contributed by atoms with Crippen molar-refractivity contribution in [3.05, 3.63) is 65.7 Å². The molecule has 2 atom stereocenters. The molecule has 2 rings (SSSR count). The Hall–Kier alpha value is -2.10. The van der Waals surface area contributed by atoms with E-state index in [0.29, 0.717) is 26.4 Å². The highest BCUT2D eigenvalue weighted by molar-refractivity contribution is 6.74. The Kier molecular flexibility index (Phi) is 10.7. The molecule has 0 N–H and O–H groups in total. The van der Waals surface area contributed by atoms with Crippen molar-refractivity contribution in [1.29, 1.82) is 0 Å². The summed E-state index contributed by atoms with van der Waals surface area (Å²) in [4.78, 5) is 0. The molecular weight excluding hydrogens is 428 g/mol. The van der Waals surface area contributed by atoms with Crippen LogP contribution in [-0.4, -0.2) is 34.7 Å². The maximum atomic E-state index is 6.76. The van der Waals surface area contributed by atoms with Crippen molar-refractivity contribution in [3.63, 3.8) is 0 Å². The molecule has 0 unspecified atom stereocenters. The summed E-state index contributed by atoms with van der Waals surface area (Å²) >= 11 is 0. The van der Waals surface area contributed by atoms with Crippen molar-refractivity contribution in [2.75, 3.05) is 20.3 Å². The van der Waals surface area contributed by atoms with E-state index in [1.54, 1.807) is 7.11 Å². The van der Waals surface area contributed by atoms with Crippen LogP contribution in [0.3, 0.4) is 0 Å². The average molecular weight is 469 g/mol. The summed E-state index contributed by atoms with van der Waals surface area (Å²) in [7, 11) is -0.344. The zero-order chi connectivity index (χ0) is 24.3. The van der Waals surface area contributed by atoms with E-state index in [0.717, 1.165) is 23.3 Å². The van der Waals surface area contributed by atoms with Crippen LogP contribution in [-0.2, 0) is 27.1 Å². The summed E-state index contributed by atoms with van der Waals surface area (Å²) in [5.41, 5.74) is 2.25. The molecule has 0 aliphatic carbocycles. The van der Waals surface area contributed by atoms with Crippen molar-refractivity contribution in [1.82, 2.24) is 0 Å². The van der Waals surface area contributed by atoms with Crippen molar-refractivity contribution < 1.29 is 18.6 Å². The molecule has 180 valence electrons. The van der Waals surface area contributed by atoms with Gasteiger partial charge in [-0.3, -0.25) is 0 Å². The molecular formula is C28H40O4Si. The van der Waals surface area contributed by atoms with Crippen LogP contribution in [0.15, 0.2) is 54.6 Å². The number of hydrogen-bond donors (Lipinski definition) is 0. The third-order valence-corrected chi connectivity index (χ3v) is 10.8. The molecule has 0 aromatic heterocycles. The topological polar surface area (TPSA) is 36.9 Å². The van der Waals surface area contributed by atoms with Gasteiger partial charge in [0.2, 0.25) is 0 Å². The summed E-state index contributed by atoms with van der Waals surface area (Å²) in [6.07, 6.45) is 6.59. The van der Waals surface area contributed by atoms with E-state index in [1.807, 2.05) is 42.5 Å². The molecule has 0 aliphatic rings. The first-order valence-corrected chi connectivity index (χ1v) is 14.5. The van der Waals surface area contributed by atoms with Gasteiger partial charge in [0.15, 0.2) is 8.32 Å². The Balaban J connectivity index is 1.97. The van der Waals surface area contributed by atoms with Crippen LogP contribution in [0, 0.1) is 18.3 Å². The van der Waals surface area contributed by atoms with Crippen molar-refractivity contribution in [2.24, 2.45) is 5.92 Å². The Morgan fingerprint density at radius 3 is 2.09 bits per heavy atom. The summed E-state index contributed by atoms with van der Waals surface area (Å²) < 4.78 is 23.9. The average Bonchev–Trinajstić information content (AvgIpc) is 2.79. The largest absolute Gasteiger partial charge is 0.497 e. The van der Waals surface area contributed by atoms with Crippen LogP contribution in [0.1, 0.15) is 38.3 Å². The molecule has 0 fully saturated rings. The number of benzene rings is 2. The maximum Gasteiger partial charge on any atom is 0.192 e. The lowest BCUT2D eigenvalue weighted by atomic mass is 10.0. The SMILES string of the molecule is C#C[C@@H](COCc1ccc(OC)cc1)[C@H](CCOCc1ccccc1)O[Si](C)(C)C(C)(C)C. The quantitative estimate of drug-likeness (QED) is 0.192. The van der Waals surface area contributed by atoms with Gasteiger partial charge in [0.1, 0.15) is 5.75 Å². The van der Waals surface area contributed by atoms with E-state index in [-0.39, 0.29) is 17.1 Å². The third kappa shape index (κ3) is 8.98. The molecule has 0 radical (unpaired) electrons. The number of terminal acetylenes is 1. The Bertz CT molecular complexity index is 850. The highest BCUT2D eigenvalue weighted by atomic mass is 28.4. The normalized spacial score (nSPS) is 13.8. The lowest BCUT2D eigenvalue weighted by molar-refractivity contribution is 0.0248. The fraction of sp³-hybridized carbons (Fsp3) is 0.500. The van der Waals surface area contributed by atoms with E-state index in [1.165, 1.54) is 0 Å². The standard InChI is InChI=1S/C28H40O4Si/c1-8-25(22-31-21-24-14-16-26(29-5)17-15-24)27(32-33(6,7)28(2,3)4)18-19-30-20-23-12-10-9-11-13-23/h1,9-17,25,27H,18-22H2,2-7H3/t25-,27-/m0/s1. The molecule has 4 nitrogen and oxygen atoms in total. The van der Waals surface area contributed by atoms with Gasteiger partial charge in [0.25, 0.3) is 0 Å². The molecule has 0 saturated carbocycles. The molecule has 0 amide bonds. The first-order valence-electron chi connectivity index (χ1n) is 11.6. The first-order chi connectivity index (χ1) is 15.7. The smallest absolute Gasteiger partial charge is 0.192 e. The van der Waals surface area contributed by atoms with Crippen molar-refractivity contribution in [2.45, 2.75) is 64.6 Å². The van der Waals surface area contributed by atoms with E-state index in [4.69, 9.17) is 25.1 Å². The molecule has 5 heteroatoms. The first kappa shape index (κ1) is 27.1. The summed E-state index contributed by atoms with van der Waals surface area (Å²) in [5, 5.41) is 0.0965. The number of methoxy groups -OCH3 is 1. The van der Waals surface area contributed by atoms with E-state index in [9.17, 15) is 0 Å². The predicted octanol–water partition coefficient (Wildman–Crippen LogP) is 6.46. The second-order valence-electron chi connectivity index (χ2n) is 9.88. The van der Waals surface area contributed by atoms with Crippen molar-refractivity contribution >= 4 is 8.32 Å². The zero-order valence-electron chi connectivity index (χ0n) is 21.1. The van der Waals surface area contributed by atoms with Crippen LogP contribution in [0.5, 0.6) is 5.75 Å². The van der Waals surface area contributed by atoms with Gasteiger partial charge in [-0.25, -0.2) is 0 Å². The third-order valence-electron chi connectivity index (χ3n) is 6.30. The second kappa shape index (κ2) is 13.0. The van der Waals surface area contributed by atoms with E-state index >= 15 is 0 Å². The summed E-state index contributed by atoms with van der Waals surface area (Å²) in [6, 6.07) is 18.1. The fourth-order valence-corrected chi connectivity index (χ4v) is 4.54. The van der Waals surface area contributed by atoms with Gasteiger partial charge in [0.05, 0.1) is 39.0 Å². The minimum Gasteiger partial charge on any atom is -0.497 e. The van der Waals surface area contributed by atoms with E-state index < -0.39 is 8.32 Å². The van der Waals surface area contributed by atoms with Crippen LogP contribution in [0.4, 0.5) is 0 Å². The van der Waals surface area contributed by atoms with Gasteiger partial charge in [-0.05, 0) is 47.8 Å². The molecule has 0 saturated heterocycles. The predicted molar refractivity (Wildman–Crippen MR) is 138 cm³/mol. The van der Waals surface area contributed by atoms with Crippen molar-refractivity contribution in [3.8, 4) is 18.1 Å². The lowest BCUT2D eigenvalue weighted by Crippen LogP contribution is -2.46. The number of ether oxygens (including phenoxy) is 3. The second-order valence-corrected chi connectivity index (χ2v) is 14.6. The molecule has 2 aromatic carbocycles. The zero-order valence-corrected chi connectivity index (χ0v) is 22.1. The molecule has 0 spiro atoms. The van der Waals surface area contributed by atoms with Gasteiger partial charge in [-0.2, -0.15) is 0 Å². The molecule has 0 bridgehead atoms. The fourth-order valence-electron chi connectivity index (χ4n) is 3.15. The Morgan fingerprint density at radius 2 is 1.52 bits per heavy atom. The molecule has 33 heavy (non-hydrogen) atoms. The van der Waals surface area contributed by atoms with Crippen LogP contribution < -0.4 is 4.74 Å². The highest BCUT2D eigenvalue weighted by Crippen LogP contribution is 2.38. The van der Waals surface area contributed by atoms with Crippen LogP contribution in [0.2, 0.25) is 18.1 Å². The van der Waals surface area contributed by atoms with Gasteiger partial charge < -0.3 is 18.6 Å². The maximum absolute atomic E-state index is 6.76. The van der Waals surface area contributed by atoms with Crippen LogP contribution in [0.25, 0.3) is 0 Å². The number of rotatable bonds is 13.